The maximum absolute atomic E-state index is 12.8. The summed E-state index contributed by atoms with van der Waals surface area (Å²) in [5.74, 6) is -1.06. The Balaban J connectivity index is 1.88. The number of para-hydroxylation sites is 1. The first-order valence-electron chi connectivity index (χ1n) is 7.61. The van der Waals surface area contributed by atoms with Crippen LogP contribution in [0.15, 0.2) is 48.5 Å². The second kappa shape index (κ2) is 8.79. The first-order chi connectivity index (χ1) is 11.6. The molecule has 0 saturated carbocycles. The van der Waals surface area contributed by atoms with E-state index in [-0.39, 0.29) is 24.9 Å². The van der Waals surface area contributed by atoms with E-state index in [1.807, 2.05) is 0 Å². The number of carbonyl (C=O) groups excluding carboxylic acids is 2. The van der Waals surface area contributed by atoms with Crippen LogP contribution in [0.2, 0.25) is 0 Å². The van der Waals surface area contributed by atoms with Crippen molar-refractivity contribution in [3.05, 3.63) is 65.5 Å². The summed E-state index contributed by atoms with van der Waals surface area (Å²) in [6.07, 6.45) is 0. The summed E-state index contributed by atoms with van der Waals surface area (Å²) in [7, 11) is 0. The molecular weight excluding hydrogens is 311 g/mol. The minimum Gasteiger partial charge on any atom is -0.462 e. The van der Waals surface area contributed by atoms with Gasteiger partial charge in [-0.3, -0.25) is 4.79 Å². The molecule has 1 amide bonds. The van der Waals surface area contributed by atoms with E-state index in [9.17, 15) is 14.0 Å². The van der Waals surface area contributed by atoms with Crippen LogP contribution in [-0.2, 0) is 16.1 Å². The van der Waals surface area contributed by atoms with E-state index in [2.05, 4.69) is 10.6 Å². The van der Waals surface area contributed by atoms with Crippen LogP contribution in [0, 0.1) is 5.82 Å². The standard InChI is InChI=1S/C18H19FN2O3/c1-2-24-18(23)15-5-3-4-6-16(15)21-17(22)12-20-11-13-7-9-14(19)10-8-13/h3-10,20H,2,11-12H2,1H3,(H,21,22). The lowest BCUT2D eigenvalue weighted by atomic mass is 10.2. The van der Waals surface area contributed by atoms with Gasteiger partial charge in [-0.25, -0.2) is 9.18 Å². The number of hydrogen-bond donors (Lipinski definition) is 2. The lowest BCUT2D eigenvalue weighted by Crippen LogP contribution is -2.28. The van der Waals surface area contributed by atoms with Gasteiger partial charge in [0.15, 0.2) is 0 Å². The summed E-state index contributed by atoms with van der Waals surface area (Å²) < 4.78 is 17.8. The number of esters is 1. The predicted octanol–water partition coefficient (Wildman–Crippen LogP) is 2.73. The van der Waals surface area contributed by atoms with Gasteiger partial charge in [0, 0.05) is 6.54 Å². The first-order valence-corrected chi connectivity index (χ1v) is 7.61. The van der Waals surface area contributed by atoms with Crippen molar-refractivity contribution in [2.45, 2.75) is 13.5 Å². The SMILES string of the molecule is CCOC(=O)c1ccccc1NC(=O)CNCc1ccc(F)cc1. The number of rotatable bonds is 7. The minimum atomic E-state index is -0.479. The zero-order valence-corrected chi connectivity index (χ0v) is 13.3. The zero-order chi connectivity index (χ0) is 17.4. The minimum absolute atomic E-state index is 0.0640. The molecule has 126 valence electrons. The molecule has 0 aliphatic heterocycles. The van der Waals surface area contributed by atoms with Gasteiger partial charge in [0.1, 0.15) is 5.82 Å². The molecule has 0 bridgehead atoms. The Hall–Kier alpha value is -2.73. The fraction of sp³-hybridized carbons (Fsp3) is 0.222. The van der Waals surface area contributed by atoms with Crippen LogP contribution < -0.4 is 10.6 Å². The summed E-state index contributed by atoms with van der Waals surface area (Å²) in [5.41, 5.74) is 1.59. The predicted molar refractivity (Wildman–Crippen MR) is 89.1 cm³/mol. The number of anilines is 1. The number of nitrogens with one attached hydrogen (secondary N) is 2. The molecule has 5 nitrogen and oxygen atoms in total. The molecule has 2 N–H and O–H groups in total. The highest BCUT2D eigenvalue weighted by Crippen LogP contribution is 2.16. The van der Waals surface area contributed by atoms with E-state index in [0.29, 0.717) is 17.8 Å². The fourth-order valence-corrected chi connectivity index (χ4v) is 2.10. The molecule has 0 aliphatic rings. The molecule has 0 aromatic heterocycles. The number of carbonyl (C=O) groups is 2. The maximum atomic E-state index is 12.8. The molecule has 0 atom stereocenters. The second-order valence-electron chi connectivity index (χ2n) is 5.04. The molecule has 6 heteroatoms. The van der Waals surface area contributed by atoms with E-state index >= 15 is 0 Å². The third kappa shape index (κ3) is 5.17. The molecule has 0 spiro atoms. The Morgan fingerprint density at radius 3 is 2.50 bits per heavy atom. The van der Waals surface area contributed by atoms with Gasteiger partial charge in [-0.15, -0.1) is 0 Å². The van der Waals surface area contributed by atoms with Crippen molar-refractivity contribution >= 4 is 17.6 Å². The summed E-state index contributed by atoms with van der Waals surface area (Å²) in [6.45, 7) is 2.49. The maximum Gasteiger partial charge on any atom is 0.340 e. The molecule has 0 heterocycles. The number of amides is 1. The molecule has 0 fully saturated rings. The van der Waals surface area contributed by atoms with Gasteiger partial charge in [-0.05, 0) is 36.8 Å². The molecule has 0 unspecified atom stereocenters. The second-order valence-corrected chi connectivity index (χ2v) is 5.04. The summed E-state index contributed by atoms with van der Waals surface area (Å²) in [4.78, 5) is 23.9. The Morgan fingerprint density at radius 1 is 1.08 bits per heavy atom. The van der Waals surface area contributed by atoms with Crippen LogP contribution >= 0.6 is 0 Å². The molecule has 2 aromatic rings. The largest absolute Gasteiger partial charge is 0.462 e. The number of benzene rings is 2. The number of halogens is 1. The van der Waals surface area contributed by atoms with Crippen LogP contribution in [-0.4, -0.2) is 25.0 Å². The van der Waals surface area contributed by atoms with Crippen molar-refractivity contribution in [1.29, 1.82) is 0 Å². The van der Waals surface area contributed by atoms with Crippen LogP contribution in [0.4, 0.5) is 10.1 Å². The lowest BCUT2D eigenvalue weighted by molar-refractivity contribution is -0.115. The van der Waals surface area contributed by atoms with Crippen molar-refractivity contribution in [2.24, 2.45) is 0 Å². The summed E-state index contributed by atoms with van der Waals surface area (Å²) in [5, 5.41) is 5.65. The molecule has 0 saturated heterocycles. The van der Waals surface area contributed by atoms with Gasteiger partial charge in [0.25, 0.3) is 0 Å². The number of ether oxygens (including phenoxy) is 1. The third-order valence-corrected chi connectivity index (χ3v) is 3.22. The zero-order valence-electron chi connectivity index (χ0n) is 13.3. The van der Waals surface area contributed by atoms with Crippen molar-refractivity contribution in [2.75, 3.05) is 18.5 Å². The average molecular weight is 330 g/mol. The summed E-state index contributed by atoms with van der Waals surface area (Å²) >= 11 is 0. The topological polar surface area (TPSA) is 67.4 Å². The Kier molecular flexibility index (Phi) is 6.45. The smallest absolute Gasteiger partial charge is 0.340 e. The van der Waals surface area contributed by atoms with E-state index in [0.717, 1.165) is 5.56 Å². The molecule has 24 heavy (non-hydrogen) atoms. The van der Waals surface area contributed by atoms with Gasteiger partial charge < -0.3 is 15.4 Å². The van der Waals surface area contributed by atoms with Crippen molar-refractivity contribution < 1.29 is 18.7 Å². The van der Waals surface area contributed by atoms with E-state index in [1.165, 1.54) is 12.1 Å². The molecule has 0 radical (unpaired) electrons. The highest BCUT2D eigenvalue weighted by Gasteiger charge is 2.13. The Labute approximate surface area is 139 Å². The lowest BCUT2D eigenvalue weighted by Gasteiger charge is -2.11. The third-order valence-electron chi connectivity index (χ3n) is 3.22. The monoisotopic (exact) mass is 330 g/mol. The molecule has 2 rings (SSSR count). The Bertz CT molecular complexity index is 702. The van der Waals surface area contributed by atoms with Crippen LogP contribution in [0.3, 0.4) is 0 Å². The average Bonchev–Trinajstić information content (AvgIpc) is 2.57. The van der Waals surface area contributed by atoms with Gasteiger partial charge in [0.2, 0.25) is 5.91 Å². The van der Waals surface area contributed by atoms with Gasteiger partial charge in [-0.1, -0.05) is 24.3 Å². The molecule has 0 aliphatic carbocycles. The normalized spacial score (nSPS) is 10.2. The highest BCUT2D eigenvalue weighted by molar-refractivity contribution is 6.01. The van der Waals surface area contributed by atoms with Gasteiger partial charge in [0.05, 0.1) is 24.4 Å². The first kappa shape index (κ1) is 17.6. The number of hydrogen-bond acceptors (Lipinski definition) is 4. The van der Waals surface area contributed by atoms with E-state index < -0.39 is 5.97 Å². The van der Waals surface area contributed by atoms with Gasteiger partial charge in [-0.2, -0.15) is 0 Å². The van der Waals surface area contributed by atoms with E-state index in [1.54, 1.807) is 43.3 Å². The van der Waals surface area contributed by atoms with Crippen molar-refractivity contribution in [3.63, 3.8) is 0 Å². The molecule has 2 aromatic carbocycles. The van der Waals surface area contributed by atoms with Crippen LogP contribution in [0.1, 0.15) is 22.8 Å². The molecular formula is C18H19FN2O3. The van der Waals surface area contributed by atoms with Crippen molar-refractivity contribution in [1.82, 2.24) is 5.32 Å². The van der Waals surface area contributed by atoms with Crippen LogP contribution in [0.5, 0.6) is 0 Å². The Morgan fingerprint density at radius 2 is 1.79 bits per heavy atom. The van der Waals surface area contributed by atoms with Crippen LogP contribution in [0.25, 0.3) is 0 Å². The quantitative estimate of drug-likeness (QED) is 0.766. The highest BCUT2D eigenvalue weighted by atomic mass is 19.1. The van der Waals surface area contributed by atoms with Crippen molar-refractivity contribution in [3.8, 4) is 0 Å². The summed E-state index contributed by atoms with van der Waals surface area (Å²) in [6, 6.07) is 12.7. The fourth-order valence-electron chi connectivity index (χ4n) is 2.10. The van der Waals surface area contributed by atoms with E-state index in [4.69, 9.17) is 4.74 Å². The van der Waals surface area contributed by atoms with Gasteiger partial charge >= 0.3 is 5.97 Å².